The maximum Gasteiger partial charge on any atom is 0.331 e. The van der Waals surface area contributed by atoms with Crippen molar-refractivity contribution in [1.82, 2.24) is 0 Å². The summed E-state index contributed by atoms with van der Waals surface area (Å²) in [6.45, 7) is 2.27. The standard InChI is InChI=1S/C13H16BrNO3/c1-3-9(13(16)17)6-7-15-11-8-10(14)4-5-12(11)18-2/h4-6,8,15H,3,7H2,1-2H3,(H,16,17)/b9-6-. The molecule has 0 bridgehead atoms. The third-order valence-electron chi connectivity index (χ3n) is 2.46. The molecular weight excluding hydrogens is 298 g/mol. The molecule has 0 heterocycles. The molecule has 0 spiro atoms. The van der Waals surface area contributed by atoms with E-state index in [-0.39, 0.29) is 0 Å². The van der Waals surface area contributed by atoms with Gasteiger partial charge in [0.15, 0.2) is 0 Å². The first-order valence-corrected chi connectivity index (χ1v) is 6.37. The van der Waals surface area contributed by atoms with Gasteiger partial charge in [0, 0.05) is 16.6 Å². The average Bonchev–Trinajstić information content (AvgIpc) is 2.34. The summed E-state index contributed by atoms with van der Waals surface area (Å²) in [7, 11) is 1.60. The highest BCUT2D eigenvalue weighted by molar-refractivity contribution is 9.10. The number of hydrogen-bond donors (Lipinski definition) is 2. The minimum Gasteiger partial charge on any atom is -0.495 e. The second kappa shape index (κ2) is 7.06. The van der Waals surface area contributed by atoms with Crippen LogP contribution in [0.2, 0.25) is 0 Å². The molecule has 4 nitrogen and oxygen atoms in total. The Bertz CT molecular complexity index is 458. The van der Waals surface area contributed by atoms with E-state index >= 15 is 0 Å². The summed E-state index contributed by atoms with van der Waals surface area (Å²) in [6.07, 6.45) is 2.18. The van der Waals surface area contributed by atoms with Crippen LogP contribution in [0.15, 0.2) is 34.3 Å². The molecule has 1 rings (SSSR count). The molecule has 0 radical (unpaired) electrons. The molecule has 0 fully saturated rings. The van der Waals surface area contributed by atoms with Crippen LogP contribution in [0.25, 0.3) is 0 Å². The summed E-state index contributed by atoms with van der Waals surface area (Å²) in [5.41, 5.74) is 1.22. The van der Waals surface area contributed by atoms with Crippen LogP contribution in [0, 0.1) is 0 Å². The second-order valence-electron chi connectivity index (χ2n) is 3.61. The molecule has 0 saturated heterocycles. The van der Waals surface area contributed by atoms with Gasteiger partial charge >= 0.3 is 5.97 Å². The number of halogens is 1. The summed E-state index contributed by atoms with van der Waals surface area (Å²) >= 11 is 3.38. The Balaban J connectivity index is 2.74. The SMILES string of the molecule is CC/C(=C/CNc1cc(Br)ccc1OC)C(=O)O. The summed E-state index contributed by atoms with van der Waals surface area (Å²) in [5, 5.41) is 12.0. The van der Waals surface area contributed by atoms with Crippen LogP contribution in [-0.4, -0.2) is 24.7 Å². The number of hydrogen-bond acceptors (Lipinski definition) is 3. The second-order valence-corrected chi connectivity index (χ2v) is 4.53. The van der Waals surface area contributed by atoms with Gasteiger partial charge in [0.05, 0.1) is 12.8 Å². The number of carboxylic acid groups (broad SMARTS) is 1. The Morgan fingerprint density at radius 2 is 2.28 bits per heavy atom. The Morgan fingerprint density at radius 3 is 2.83 bits per heavy atom. The highest BCUT2D eigenvalue weighted by Crippen LogP contribution is 2.27. The number of benzene rings is 1. The minimum absolute atomic E-state index is 0.400. The fraction of sp³-hybridized carbons (Fsp3) is 0.308. The molecule has 1 aromatic rings. The Labute approximate surface area is 115 Å². The van der Waals surface area contributed by atoms with Gasteiger partial charge in [-0.05, 0) is 24.6 Å². The van der Waals surface area contributed by atoms with Gasteiger partial charge in [0.2, 0.25) is 0 Å². The van der Waals surface area contributed by atoms with Crippen LogP contribution in [-0.2, 0) is 4.79 Å². The molecule has 0 saturated carbocycles. The molecule has 98 valence electrons. The average molecular weight is 314 g/mol. The lowest BCUT2D eigenvalue weighted by Gasteiger charge is -2.10. The van der Waals surface area contributed by atoms with Crippen LogP contribution < -0.4 is 10.1 Å². The largest absolute Gasteiger partial charge is 0.495 e. The van der Waals surface area contributed by atoms with Crippen molar-refractivity contribution < 1.29 is 14.6 Å². The van der Waals surface area contributed by atoms with Crippen molar-refractivity contribution in [3.05, 3.63) is 34.3 Å². The molecule has 18 heavy (non-hydrogen) atoms. The summed E-state index contributed by atoms with van der Waals surface area (Å²) in [6, 6.07) is 5.61. The smallest absolute Gasteiger partial charge is 0.331 e. The van der Waals surface area contributed by atoms with E-state index in [9.17, 15) is 4.79 Å². The first-order valence-electron chi connectivity index (χ1n) is 5.58. The van der Waals surface area contributed by atoms with Gasteiger partial charge in [0.25, 0.3) is 0 Å². The Morgan fingerprint density at radius 1 is 1.56 bits per heavy atom. The van der Waals surface area contributed by atoms with Crippen molar-refractivity contribution >= 4 is 27.6 Å². The molecule has 0 aromatic heterocycles. The van der Waals surface area contributed by atoms with Crippen molar-refractivity contribution in [3.63, 3.8) is 0 Å². The van der Waals surface area contributed by atoms with Crippen LogP contribution in [0.1, 0.15) is 13.3 Å². The van der Waals surface area contributed by atoms with Crippen LogP contribution >= 0.6 is 15.9 Å². The van der Waals surface area contributed by atoms with Gasteiger partial charge in [0.1, 0.15) is 5.75 Å². The number of nitrogens with one attached hydrogen (secondary N) is 1. The topological polar surface area (TPSA) is 58.6 Å². The fourth-order valence-electron chi connectivity index (χ4n) is 1.49. The maximum atomic E-state index is 10.8. The molecule has 0 aliphatic rings. The molecule has 1 aromatic carbocycles. The zero-order valence-corrected chi connectivity index (χ0v) is 12.0. The molecular formula is C13H16BrNO3. The van der Waals surface area contributed by atoms with Gasteiger partial charge in [-0.3, -0.25) is 0 Å². The van der Waals surface area contributed by atoms with Gasteiger partial charge in [-0.1, -0.05) is 28.9 Å². The van der Waals surface area contributed by atoms with Crippen molar-refractivity contribution in [1.29, 1.82) is 0 Å². The highest BCUT2D eigenvalue weighted by atomic mass is 79.9. The lowest BCUT2D eigenvalue weighted by molar-refractivity contribution is -0.132. The summed E-state index contributed by atoms with van der Waals surface area (Å²) < 4.78 is 6.15. The fourth-order valence-corrected chi connectivity index (χ4v) is 1.85. The van der Waals surface area contributed by atoms with E-state index in [4.69, 9.17) is 9.84 Å². The van der Waals surface area contributed by atoms with Crippen molar-refractivity contribution in [2.45, 2.75) is 13.3 Å². The summed E-state index contributed by atoms with van der Waals surface area (Å²) in [4.78, 5) is 10.8. The van der Waals surface area contributed by atoms with Crippen molar-refractivity contribution in [2.75, 3.05) is 19.0 Å². The highest BCUT2D eigenvalue weighted by Gasteiger charge is 2.05. The number of carboxylic acids is 1. The predicted octanol–water partition coefficient (Wildman–Crippen LogP) is 3.29. The van der Waals surface area contributed by atoms with E-state index in [0.29, 0.717) is 18.5 Å². The van der Waals surface area contributed by atoms with E-state index in [0.717, 1.165) is 15.9 Å². The molecule has 5 heteroatoms. The lowest BCUT2D eigenvalue weighted by Crippen LogP contribution is -2.05. The van der Waals surface area contributed by atoms with Gasteiger partial charge in [-0.25, -0.2) is 4.79 Å². The zero-order valence-electron chi connectivity index (χ0n) is 10.4. The van der Waals surface area contributed by atoms with E-state index in [2.05, 4.69) is 21.2 Å². The van der Waals surface area contributed by atoms with E-state index < -0.39 is 5.97 Å². The Hall–Kier alpha value is -1.49. The number of aliphatic carboxylic acids is 1. The predicted molar refractivity (Wildman–Crippen MR) is 75.2 cm³/mol. The van der Waals surface area contributed by atoms with Crippen molar-refractivity contribution in [2.24, 2.45) is 0 Å². The number of rotatable bonds is 6. The summed E-state index contributed by atoms with van der Waals surface area (Å²) in [5.74, 6) is -0.152. The molecule has 0 unspecified atom stereocenters. The van der Waals surface area contributed by atoms with Crippen LogP contribution in [0.3, 0.4) is 0 Å². The molecule has 0 aliphatic heterocycles. The molecule has 0 amide bonds. The quantitative estimate of drug-likeness (QED) is 0.791. The third-order valence-corrected chi connectivity index (χ3v) is 2.95. The number of methoxy groups -OCH3 is 1. The molecule has 0 aliphatic carbocycles. The van der Waals surface area contributed by atoms with E-state index in [1.165, 1.54) is 0 Å². The van der Waals surface area contributed by atoms with Gasteiger partial charge < -0.3 is 15.2 Å². The van der Waals surface area contributed by atoms with E-state index in [1.54, 1.807) is 13.2 Å². The lowest BCUT2D eigenvalue weighted by atomic mass is 10.2. The first kappa shape index (κ1) is 14.6. The molecule has 2 N–H and O–H groups in total. The van der Waals surface area contributed by atoms with Crippen molar-refractivity contribution in [3.8, 4) is 5.75 Å². The minimum atomic E-state index is -0.875. The van der Waals surface area contributed by atoms with Crippen LogP contribution in [0.4, 0.5) is 5.69 Å². The van der Waals surface area contributed by atoms with Crippen LogP contribution in [0.5, 0.6) is 5.75 Å². The normalized spacial score (nSPS) is 11.2. The maximum absolute atomic E-state index is 10.8. The van der Waals surface area contributed by atoms with E-state index in [1.807, 2.05) is 25.1 Å². The third kappa shape index (κ3) is 4.07. The number of ether oxygens (including phenoxy) is 1. The molecule has 0 atom stereocenters. The Kier molecular flexibility index (Phi) is 5.71. The monoisotopic (exact) mass is 313 g/mol. The number of carbonyl (C=O) groups is 1. The zero-order chi connectivity index (χ0) is 13.5. The number of anilines is 1. The van der Waals surface area contributed by atoms with Gasteiger partial charge in [-0.2, -0.15) is 0 Å². The first-order chi connectivity index (χ1) is 8.58. The van der Waals surface area contributed by atoms with Gasteiger partial charge in [-0.15, -0.1) is 0 Å².